The Balaban J connectivity index is 2.60. The molecule has 1 rings (SSSR count). The van der Waals surface area contributed by atoms with Crippen LogP contribution in [0.15, 0.2) is 18.2 Å². The molecule has 0 spiro atoms. The second kappa shape index (κ2) is 7.87. The zero-order valence-corrected chi connectivity index (χ0v) is 13.5. The van der Waals surface area contributed by atoms with Crippen LogP contribution in [0, 0.1) is 5.41 Å². The van der Waals surface area contributed by atoms with E-state index in [9.17, 15) is 4.79 Å². The lowest BCUT2D eigenvalue weighted by Gasteiger charge is -2.28. The number of halogens is 2. The van der Waals surface area contributed by atoms with E-state index in [0.29, 0.717) is 29.6 Å². The molecule has 3 nitrogen and oxygen atoms in total. The molecule has 0 heterocycles. The van der Waals surface area contributed by atoms with E-state index in [2.05, 4.69) is 5.32 Å². The summed E-state index contributed by atoms with van der Waals surface area (Å²) >= 11 is 12.1. The maximum absolute atomic E-state index is 12.3. The summed E-state index contributed by atoms with van der Waals surface area (Å²) in [5.41, 5.74) is 6.23. The molecule has 1 amide bonds. The predicted molar refractivity (Wildman–Crippen MR) is 85.2 cm³/mol. The van der Waals surface area contributed by atoms with Crippen molar-refractivity contribution in [2.75, 3.05) is 13.1 Å². The van der Waals surface area contributed by atoms with Crippen molar-refractivity contribution >= 4 is 29.1 Å². The minimum atomic E-state index is -0.460. The minimum absolute atomic E-state index is 0.0168. The van der Waals surface area contributed by atoms with Crippen LogP contribution in [-0.2, 0) is 11.2 Å². The quantitative estimate of drug-likeness (QED) is 0.809. The molecule has 1 aromatic rings. The van der Waals surface area contributed by atoms with Gasteiger partial charge in [-0.3, -0.25) is 4.79 Å². The van der Waals surface area contributed by atoms with Crippen molar-refractivity contribution in [3.63, 3.8) is 0 Å². The number of carbonyl (C=O) groups is 1. The molecule has 0 unspecified atom stereocenters. The topological polar surface area (TPSA) is 55.1 Å². The highest BCUT2D eigenvalue weighted by molar-refractivity contribution is 6.42. The average Bonchev–Trinajstić information content (AvgIpc) is 2.46. The first-order chi connectivity index (χ1) is 9.50. The number of amides is 1. The summed E-state index contributed by atoms with van der Waals surface area (Å²) in [4.78, 5) is 12.3. The van der Waals surface area contributed by atoms with Crippen molar-refractivity contribution in [1.82, 2.24) is 5.32 Å². The second-order valence-electron chi connectivity index (χ2n) is 4.91. The van der Waals surface area contributed by atoms with Gasteiger partial charge >= 0.3 is 0 Å². The molecule has 0 aliphatic rings. The highest BCUT2D eigenvalue weighted by atomic mass is 35.5. The van der Waals surface area contributed by atoms with Gasteiger partial charge in [0.15, 0.2) is 0 Å². The molecule has 0 aliphatic heterocycles. The standard InChI is InChI=1S/C15H22Cl2N2O/c1-3-15(4-2,10-18)14(20)19-9-8-11-6-5-7-12(16)13(11)17/h5-7H,3-4,8-10,18H2,1-2H3,(H,19,20). The molecule has 5 heteroatoms. The van der Waals surface area contributed by atoms with E-state index in [1.54, 1.807) is 6.07 Å². The van der Waals surface area contributed by atoms with Crippen molar-refractivity contribution in [3.8, 4) is 0 Å². The number of nitrogens with one attached hydrogen (secondary N) is 1. The first-order valence-electron chi connectivity index (χ1n) is 6.92. The maximum atomic E-state index is 12.3. The maximum Gasteiger partial charge on any atom is 0.227 e. The molecular weight excluding hydrogens is 295 g/mol. The fraction of sp³-hybridized carbons (Fsp3) is 0.533. The Kier molecular flexibility index (Phi) is 6.80. The summed E-state index contributed by atoms with van der Waals surface area (Å²) in [6, 6.07) is 5.52. The summed E-state index contributed by atoms with van der Waals surface area (Å²) in [6.07, 6.45) is 2.13. The van der Waals surface area contributed by atoms with Crippen LogP contribution in [0.5, 0.6) is 0 Å². The van der Waals surface area contributed by atoms with Crippen LogP contribution in [0.4, 0.5) is 0 Å². The highest BCUT2D eigenvalue weighted by Gasteiger charge is 2.32. The van der Waals surface area contributed by atoms with Crippen molar-refractivity contribution < 1.29 is 4.79 Å². The zero-order chi connectivity index (χ0) is 15.2. The van der Waals surface area contributed by atoms with Crippen molar-refractivity contribution in [2.24, 2.45) is 11.1 Å². The molecular formula is C15H22Cl2N2O. The van der Waals surface area contributed by atoms with Gasteiger partial charge in [-0.15, -0.1) is 0 Å². The van der Waals surface area contributed by atoms with Gasteiger partial charge in [0.05, 0.1) is 15.5 Å². The largest absolute Gasteiger partial charge is 0.355 e. The Hall–Kier alpha value is -0.770. The summed E-state index contributed by atoms with van der Waals surface area (Å²) in [6.45, 7) is 4.87. The van der Waals surface area contributed by atoms with E-state index >= 15 is 0 Å². The first-order valence-corrected chi connectivity index (χ1v) is 7.67. The Morgan fingerprint density at radius 1 is 1.30 bits per heavy atom. The average molecular weight is 317 g/mol. The van der Waals surface area contributed by atoms with Crippen LogP contribution in [-0.4, -0.2) is 19.0 Å². The van der Waals surface area contributed by atoms with E-state index in [0.717, 1.165) is 18.4 Å². The Labute approximate surface area is 130 Å². The van der Waals surface area contributed by atoms with Crippen LogP contribution >= 0.6 is 23.2 Å². The lowest BCUT2D eigenvalue weighted by molar-refractivity contribution is -0.131. The molecule has 0 aromatic heterocycles. The molecule has 1 aromatic carbocycles. The number of hydrogen-bond acceptors (Lipinski definition) is 2. The zero-order valence-electron chi connectivity index (χ0n) is 12.0. The van der Waals surface area contributed by atoms with Gasteiger partial charge in [-0.25, -0.2) is 0 Å². The number of benzene rings is 1. The van der Waals surface area contributed by atoms with E-state index < -0.39 is 5.41 Å². The number of carbonyl (C=O) groups excluding carboxylic acids is 1. The molecule has 0 saturated heterocycles. The number of hydrogen-bond donors (Lipinski definition) is 2. The van der Waals surface area contributed by atoms with Gasteiger partial charge in [-0.2, -0.15) is 0 Å². The number of nitrogens with two attached hydrogens (primary N) is 1. The molecule has 0 radical (unpaired) electrons. The third-order valence-electron chi connectivity index (χ3n) is 3.94. The summed E-state index contributed by atoms with van der Waals surface area (Å²) in [7, 11) is 0. The monoisotopic (exact) mass is 316 g/mol. The van der Waals surface area contributed by atoms with Crippen LogP contribution in [0.25, 0.3) is 0 Å². The second-order valence-corrected chi connectivity index (χ2v) is 5.70. The van der Waals surface area contributed by atoms with Crippen molar-refractivity contribution in [2.45, 2.75) is 33.1 Å². The highest BCUT2D eigenvalue weighted by Crippen LogP contribution is 2.26. The number of rotatable bonds is 7. The lowest BCUT2D eigenvalue weighted by Crippen LogP contribution is -2.45. The summed E-state index contributed by atoms with van der Waals surface area (Å²) in [5, 5.41) is 4.04. The predicted octanol–water partition coefficient (Wildman–Crippen LogP) is 3.42. The normalized spacial score (nSPS) is 11.4. The molecule has 3 N–H and O–H groups in total. The Morgan fingerprint density at radius 2 is 1.95 bits per heavy atom. The van der Waals surface area contributed by atoms with Crippen molar-refractivity contribution in [3.05, 3.63) is 33.8 Å². The van der Waals surface area contributed by atoms with E-state index in [-0.39, 0.29) is 5.91 Å². The molecule has 0 bridgehead atoms. The Morgan fingerprint density at radius 3 is 2.50 bits per heavy atom. The fourth-order valence-electron chi connectivity index (χ4n) is 2.19. The van der Waals surface area contributed by atoms with Gasteiger partial charge in [0.1, 0.15) is 0 Å². The third kappa shape index (κ3) is 3.87. The molecule has 0 atom stereocenters. The molecule has 0 aliphatic carbocycles. The summed E-state index contributed by atoms with van der Waals surface area (Å²) in [5.74, 6) is 0.0168. The molecule has 0 fully saturated rings. The van der Waals surface area contributed by atoms with Crippen molar-refractivity contribution in [1.29, 1.82) is 0 Å². The van der Waals surface area contributed by atoms with E-state index in [1.807, 2.05) is 26.0 Å². The minimum Gasteiger partial charge on any atom is -0.355 e. The van der Waals surface area contributed by atoms with Crippen LogP contribution < -0.4 is 11.1 Å². The van der Waals surface area contributed by atoms with Gasteiger partial charge in [-0.05, 0) is 30.9 Å². The van der Waals surface area contributed by atoms with E-state index in [4.69, 9.17) is 28.9 Å². The van der Waals surface area contributed by atoms with Gasteiger partial charge in [0, 0.05) is 13.1 Å². The van der Waals surface area contributed by atoms with Crippen LogP contribution in [0.1, 0.15) is 32.3 Å². The molecule has 112 valence electrons. The fourth-order valence-corrected chi connectivity index (χ4v) is 2.61. The molecule has 20 heavy (non-hydrogen) atoms. The van der Waals surface area contributed by atoms with Crippen LogP contribution in [0.2, 0.25) is 10.0 Å². The van der Waals surface area contributed by atoms with Gasteiger partial charge in [0.25, 0.3) is 0 Å². The van der Waals surface area contributed by atoms with Gasteiger partial charge in [-0.1, -0.05) is 49.2 Å². The first kappa shape index (κ1) is 17.3. The van der Waals surface area contributed by atoms with E-state index in [1.165, 1.54) is 0 Å². The Bertz CT molecular complexity index is 451. The van der Waals surface area contributed by atoms with Gasteiger partial charge in [0.2, 0.25) is 5.91 Å². The molecule has 0 saturated carbocycles. The third-order valence-corrected chi connectivity index (χ3v) is 4.80. The smallest absolute Gasteiger partial charge is 0.227 e. The SMILES string of the molecule is CCC(CC)(CN)C(=O)NCCc1cccc(Cl)c1Cl. The lowest BCUT2D eigenvalue weighted by atomic mass is 9.81. The summed E-state index contributed by atoms with van der Waals surface area (Å²) < 4.78 is 0. The van der Waals surface area contributed by atoms with Gasteiger partial charge < -0.3 is 11.1 Å². The van der Waals surface area contributed by atoms with Crippen LogP contribution in [0.3, 0.4) is 0 Å².